The summed E-state index contributed by atoms with van der Waals surface area (Å²) in [5.74, 6) is 0.540. The highest BCUT2D eigenvalue weighted by Crippen LogP contribution is 2.69. The van der Waals surface area contributed by atoms with Crippen molar-refractivity contribution >= 4 is 10.4 Å². The summed E-state index contributed by atoms with van der Waals surface area (Å²) in [6.07, 6.45) is -0.441. The Labute approximate surface area is 262 Å². The maximum absolute atomic E-state index is 12.1. The molecule has 0 radical (unpaired) electrons. The first-order valence-electron chi connectivity index (χ1n) is 16.8. The van der Waals surface area contributed by atoms with Crippen molar-refractivity contribution in [3.05, 3.63) is 0 Å². The normalized spacial score (nSPS) is 49.2. The second kappa shape index (κ2) is 12.9. The van der Waals surface area contributed by atoms with Gasteiger partial charge in [-0.1, -0.05) is 34.6 Å². The molecule has 256 valence electrons. The SMILES string of the molecule is CC(C)[C@H](CC[C@@H](C)[C@H]1C[C@H](OS(=O)(=O)O)[C@H]2[C@@H]3C[C@H](O)[C@H]4C[C@@H](O)CC[C@]4(C)[C@H]3CC[C@@]21C)OC1OC[C@@H](O)[C@H](O)[C@@H]1O. The smallest absolute Gasteiger partial charge is 0.393 e. The first-order chi connectivity index (χ1) is 20.5. The predicted molar refractivity (Wildman–Crippen MR) is 160 cm³/mol. The minimum atomic E-state index is -4.69. The lowest BCUT2D eigenvalue weighted by atomic mass is 9.43. The highest BCUT2D eigenvalue weighted by molar-refractivity contribution is 7.80. The maximum Gasteiger partial charge on any atom is 0.397 e. The number of rotatable bonds is 9. The Bertz CT molecular complexity index is 1100. The topological polar surface area (TPSA) is 183 Å². The van der Waals surface area contributed by atoms with Crippen molar-refractivity contribution in [1.82, 2.24) is 0 Å². The van der Waals surface area contributed by atoms with E-state index in [1.165, 1.54) is 0 Å². The molecule has 44 heavy (non-hydrogen) atoms. The molecule has 0 bridgehead atoms. The lowest BCUT2D eigenvalue weighted by Crippen LogP contribution is -2.59. The van der Waals surface area contributed by atoms with E-state index in [0.29, 0.717) is 32.1 Å². The Morgan fingerprint density at radius 1 is 0.864 bits per heavy atom. The van der Waals surface area contributed by atoms with Crippen LogP contribution in [0.2, 0.25) is 0 Å². The quantitative estimate of drug-likeness (QED) is 0.202. The molecule has 5 rings (SSSR count). The average molecular weight is 649 g/mol. The summed E-state index contributed by atoms with van der Waals surface area (Å²) in [5.41, 5.74) is -0.406. The van der Waals surface area contributed by atoms with E-state index in [-0.39, 0.29) is 65.0 Å². The van der Waals surface area contributed by atoms with Gasteiger partial charge in [-0.3, -0.25) is 4.55 Å². The molecule has 4 aliphatic carbocycles. The number of hydrogen-bond acceptors (Lipinski definition) is 10. The van der Waals surface area contributed by atoms with Gasteiger partial charge in [-0.05, 0) is 110 Å². The molecule has 0 aromatic carbocycles. The van der Waals surface area contributed by atoms with Crippen molar-refractivity contribution in [2.24, 2.45) is 52.3 Å². The molecule has 12 heteroatoms. The fraction of sp³-hybridized carbons (Fsp3) is 1.00. The van der Waals surface area contributed by atoms with Crippen LogP contribution in [0.3, 0.4) is 0 Å². The number of hydrogen-bond donors (Lipinski definition) is 6. The molecule has 0 spiro atoms. The molecular formula is C32H56O11S. The summed E-state index contributed by atoms with van der Waals surface area (Å²) in [6, 6.07) is 0. The Morgan fingerprint density at radius 2 is 1.55 bits per heavy atom. The van der Waals surface area contributed by atoms with Crippen molar-refractivity contribution in [2.45, 2.75) is 141 Å². The first kappa shape index (κ1) is 34.9. The van der Waals surface area contributed by atoms with Gasteiger partial charge in [0.25, 0.3) is 0 Å². The van der Waals surface area contributed by atoms with Gasteiger partial charge in [-0.25, -0.2) is 4.18 Å². The molecule has 0 aromatic heterocycles. The third-order valence-corrected chi connectivity index (χ3v) is 13.5. The lowest BCUT2D eigenvalue weighted by Gasteiger charge is -2.62. The third kappa shape index (κ3) is 6.51. The summed E-state index contributed by atoms with van der Waals surface area (Å²) in [4.78, 5) is 0. The van der Waals surface area contributed by atoms with E-state index in [4.69, 9.17) is 13.7 Å². The maximum atomic E-state index is 12.1. The van der Waals surface area contributed by atoms with Gasteiger partial charge in [0.15, 0.2) is 6.29 Å². The van der Waals surface area contributed by atoms with E-state index < -0.39 is 53.3 Å². The molecule has 6 N–H and O–H groups in total. The van der Waals surface area contributed by atoms with Crippen LogP contribution in [-0.2, 0) is 24.1 Å². The fourth-order valence-corrected chi connectivity index (χ4v) is 11.3. The molecular weight excluding hydrogens is 592 g/mol. The minimum absolute atomic E-state index is 0.0120. The van der Waals surface area contributed by atoms with Crippen LogP contribution in [0.25, 0.3) is 0 Å². The molecule has 0 aromatic rings. The highest BCUT2D eigenvalue weighted by atomic mass is 32.3. The van der Waals surface area contributed by atoms with E-state index >= 15 is 0 Å². The van der Waals surface area contributed by atoms with Gasteiger partial charge in [0, 0.05) is 0 Å². The van der Waals surface area contributed by atoms with Crippen LogP contribution < -0.4 is 0 Å². The molecule has 4 saturated carbocycles. The monoisotopic (exact) mass is 648 g/mol. The van der Waals surface area contributed by atoms with E-state index in [9.17, 15) is 38.5 Å². The Hall–Kier alpha value is -0.410. The largest absolute Gasteiger partial charge is 0.397 e. The second-order valence-corrected chi connectivity index (χ2v) is 16.9. The van der Waals surface area contributed by atoms with E-state index in [2.05, 4.69) is 20.8 Å². The number of fused-ring (bicyclic) bond motifs is 5. The standard InChI is InChI=1S/C32H56O11S/c1-16(2)25(42-30-29(37)28(36)24(35)15-41-30)7-6-17(3)21-14-26(43-44(38,39)40)27-19-13-23(34)22-12-18(33)8-10-31(22,4)20(19)9-11-32(21,27)5/h16-30,33-37H,6-15H2,1-5H3,(H,38,39,40)/t17-,18+,19-,20+,21-,22-,23+,24-,25+,26+,27-,28+,29+,30?,31-,32-/m1/s1. The van der Waals surface area contributed by atoms with Crippen LogP contribution in [-0.4, -0.2) is 94.1 Å². The van der Waals surface area contributed by atoms with Crippen molar-refractivity contribution in [2.75, 3.05) is 6.61 Å². The van der Waals surface area contributed by atoms with Gasteiger partial charge in [-0.15, -0.1) is 0 Å². The van der Waals surface area contributed by atoms with Crippen LogP contribution >= 0.6 is 0 Å². The molecule has 0 amide bonds. The molecule has 1 unspecified atom stereocenters. The van der Waals surface area contributed by atoms with Gasteiger partial charge >= 0.3 is 10.4 Å². The zero-order chi connectivity index (χ0) is 32.4. The summed E-state index contributed by atoms with van der Waals surface area (Å²) < 4.78 is 51.2. The zero-order valence-electron chi connectivity index (χ0n) is 26.9. The molecule has 16 atom stereocenters. The minimum Gasteiger partial charge on any atom is -0.393 e. The lowest BCUT2D eigenvalue weighted by molar-refractivity contribution is -0.286. The molecule has 1 heterocycles. The van der Waals surface area contributed by atoms with Gasteiger partial charge < -0.3 is 35.0 Å². The van der Waals surface area contributed by atoms with Crippen LogP contribution in [0.5, 0.6) is 0 Å². The van der Waals surface area contributed by atoms with Crippen molar-refractivity contribution < 1.29 is 52.2 Å². The van der Waals surface area contributed by atoms with Crippen LogP contribution in [0.15, 0.2) is 0 Å². The predicted octanol–water partition coefficient (Wildman–Crippen LogP) is 2.67. The van der Waals surface area contributed by atoms with Gasteiger partial charge in [0.05, 0.1) is 31.0 Å². The average Bonchev–Trinajstić information content (AvgIpc) is 3.22. The van der Waals surface area contributed by atoms with E-state index in [0.717, 1.165) is 25.7 Å². The summed E-state index contributed by atoms with van der Waals surface area (Å²) in [5, 5.41) is 52.2. The van der Waals surface area contributed by atoms with Crippen LogP contribution in [0, 0.1) is 52.3 Å². The van der Waals surface area contributed by atoms with E-state index in [1.807, 2.05) is 13.8 Å². The number of ether oxygens (including phenoxy) is 2. The molecule has 1 aliphatic heterocycles. The van der Waals surface area contributed by atoms with Gasteiger partial charge in [0.1, 0.15) is 18.3 Å². The summed E-state index contributed by atoms with van der Waals surface area (Å²) in [6.45, 7) is 10.6. The highest BCUT2D eigenvalue weighted by Gasteiger charge is 2.65. The number of aliphatic hydroxyl groups excluding tert-OH is 5. The Balaban J connectivity index is 1.34. The van der Waals surface area contributed by atoms with Gasteiger partial charge in [0.2, 0.25) is 0 Å². The van der Waals surface area contributed by atoms with Crippen molar-refractivity contribution in [1.29, 1.82) is 0 Å². The van der Waals surface area contributed by atoms with Gasteiger partial charge in [-0.2, -0.15) is 8.42 Å². The molecule has 1 saturated heterocycles. The molecule has 5 aliphatic rings. The first-order valence-corrected chi connectivity index (χ1v) is 18.2. The Kier molecular flexibility index (Phi) is 10.2. The molecule has 11 nitrogen and oxygen atoms in total. The second-order valence-electron chi connectivity index (χ2n) is 15.8. The third-order valence-electron chi connectivity index (χ3n) is 13.0. The summed E-state index contributed by atoms with van der Waals surface area (Å²) in [7, 11) is -4.69. The Morgan fingerprint density at radius 3 is 2.20 bits per heavy atom. The van der Waals surface area contributed by atoms with E-state index in [1.54, 1.807) is 0 Å². The van der Waals surface area contributed by atoms with Crippen LogP contribution in [0.1, 0.15) is 92.4 Å². The number of aliphatic hydroxyl groups is 5. The zero-order valence-corrected chi connectivity index (χ0v) is 27.7. The van der Waals surface area contributed by atoms with Crippen molar-refractivity contribution in [3.8, 4) is 0 Å². The fourth-order valence-electron chi connectivity index (χ4n) is 10.8. The van der Waals surface area contributed by atoms with Crippen molar-refractivity contribution in [3.63, 3.8) is 0 Å². The van der Waals surface area contributed by atoms with Crippen LogP contribution in [0.4, 0.5) is 0 Å². The summed E-state index contributed by atoms with van der Waals surface area (Å²) >= 11 is 0. The molecule has 5 fully saturated rings.